The number of aromatic nitrogens is 1. The molecule has 3 aromatic rings. The largest absolute Gasteiger partial charge is 0.487 e. The standard InChI is InChI=1S/C33H38Cl3N3O4/c1-21-15-29(35)32(30(36)16-21)43-14-13-42-31-8-4-23(18-38-31)26-9-11-37-19-27(26)33(40)39(25-5-6-25)20-24-17-22(10-12-41-2)3-7-28(24)34/h3-4,7-8,15-18,25-27,37H,5-6,9-14,19-20H2,1-2H3. The molecule has 2 fully saturated rings. The summed E-state index contributed by atoms with van der Waals surface area (Å²) in [7, 11) is 1.70. The van der Waals surface area contributed by atoms with Crippen LogP contribution in [0.25, 0.3) is 0 Å². The fourth-order valence-corrected chi connectivity index (χ4v) is 6.50. The minimum Gasteiger partial charge on any atom is -0.487 e. The number of carbonyl (C=O) groups is 1. The third-order valence-corrected chi connectivity index (χ3v) is 8.96. The van der Waals surface area contributed by atoms with Crippen LogP contribution in [0, 0.1) is 12.8 Å². The van der Waals surface area contributed by atoms with E-state index < -0.39 is 0 Å². The number of benzene rings is 2. The second-order valence-corrected chi connectivity index (χ2v) is 12.5. The number of amides is 1. The molecule has 5 rings (SSSR count). The molecule has 1 N–H and O–H groups in total. The molecule has 10 heteroatoms. The van der Waals surface area contributed by atoms with Crippen LogP contribution in [0.3, 0.4) is 0 Å². The van der Waals surface area contributed by atoms with E-state index in [-0.39, 0.29) is 37.0 Å². The van der Waals surface area contributed by atoms with Gasteiger partial charge in [0.05, 0.1) is 22.6 Å². The van der Waals surface area contributed by atoms with Crippen molar-refractivity contribution in [2.24, 2.45) is 5.92 Å². The summed E-state index contributed by atoms with van der Waals surface area (Å²) in [5.41, 5.74) is 4.14. The Morgan fingerprint density at radius 2 is 1.74 bits per heavy atom. The average Bonchev–Trinajstić information content (AvgIpc) is 3.84. The topological polar surface area (TPSA) is 72.9 Å². The highest BCUT2D eigenvalue weighted by Crippen LogP contribution is 2.37. The summed E-state index contributed by atoms with van der Waals surface area (Å²) in [4.78, 5) is 20.7. The number of nitrogens with zero attached hydrogens (tertiary/aromatic N) is 2. The molecule has 1 amide bonds. The van der Waals surface area contributed by atoms with Crippen LogP contribution >= 0.6 is 34.8 Å². The highest BCUT2D eigenvalue weighted by Gasteiger charge is 2.40. The number of piperidine rings is 1. The highest BCUT2D eigenvalue weighted by atomic mass is 35.5. The Kier molecular flexibility index (Phi) is 11.1. The zero-order chi connectivity index (χ0) is 30.3. The molecular formula is C33H38Cl3N3O4. The van der Waals surface area contributed by atoms with Gasteiger partial charge in [-0.25, -0.2) is 4.98 Å². The molecule has 230 valence electrons. The van der Waals surface area contributed by atoms with Gasteiger partial charge in [-0.3, -0.25) is 4.79 Å². The van der Waals surface area contributed by atoms with Gasteiger partial charge in [-0.1, -0.05) is 53.0 Å². The summed E-state index contributed by atoms with van der Waals surface area (Å²) in [5.74, 6) is 0.991. The van der Waals surface area contributed by atoms with Gasteiger partial charge >= 0.3 is 0 Å². The van der Waals surface area contributed by atoms with Gasteiger partial charge in [-0.2, -0.15) is 0 Å². The average molecular weight is 647 g/mol. The van der Waals surface area contributed by atoms with Crippen LogP contribution in [0.1, 0.15) is 47.4 Å². The van der Waals surface area contributed by atoms with E-state index >= 15 is 0 Å². The number of pyridine rings is 1. The molecule has 1 saturated heterocycles. The van der Waals surface area contributed by atoms with E-state index in [1.54, 1.807) is 7.11 Å². The Labute approximate surface area is 268 Å². The van der Waals surface area contributed by atoms with Crippen molar-refractivity contribution in [1.29, 1.82) is 0 Å². The SMILES string of the molecule is COCCc1ccc(Cl)c(CN(C(=O)C2CNCCC2c2ccc(OCCOc3c(Cl)cc(C)cc3Cl)nc2)C2CC2)c1. The fraction of sp³-hybridized carbons (Fsp3) is 0.455. The molecule has 2 atom stereocenters. The van der Waals surface area contributed by atoms with Crippen LogP contribution in [0.2, 0.25) is 15.1 Å². The van der Waals surface area contributed by atoms with Crippen molar-refractivity contribution in [3.63, 3.8) is 0 Å². The molecular weight excluding hydrogens is 609 g/mol. The third kappa shape index (κ3) is 8.34. The summed E-state index contributed by atoms with van der Waals surface area (Å²) >= 11 is 19.1. The number of rotatable bonds is 13. The first-order valence-electron chi connectivity index (χ1n) is 14.8. The molecule has 1 aromatic heterocycles. The Morgan fingerprint density at radius 1 is 0.977 bits per heavy atom. The molecule has 1 saturated carbocycles. The first-order valence-corrected chi connectivity index (χ1v) is 15.9. The zero-order valence-electron chi connectivity index (χ0n) is 24.6. The van der Waals surface area contributed by atoms with Gasteiger partial charge in [0.2, 0.25) is 11.8 Å². The quantitative estimate of drug-likeness (QED) is 0.204. The minimum absolute atomic E-state index is 0.0641. The van der Waals surface area contributed by atoms with Gasteiger partial charge in [-0.05, 0) is 85.5 Å². The normalized spacial score (nSPS) is 18.3. The highest BCUT2D eigenvalue weighted by molar-refractivity contribution is 6.37. The predicted octanol–water partition coefficient (Wildman–Crippen LogP) is 6.88. The van der Waals surface area contributed by atoms with Gasteiger partial charge < -0.3 is 24.4 Å². The van der Waals surface area contributed by atoms with Crippen molar-refractivity contribution in [2.75, 3.05) is 40.0 Å². The van der Waals surface area contributed by atoms with E-state index in [1.165, 1.54) is 0 Å². The molecule has 0 spiro atoms. The lowest BCUT2D eigenvalue weighted by Gasteiger charge is -2.35. The van der Waals surface area contributed by atoms with Crippen molar-refractivity contribution in [3.8, 4) is 11.6 Å². The number of carbonyl (C=O) groups excluding carboxylic acids is 1. The summed E-state index contributed by atoms with van der Waals surface area (Å²) in [5, 5.41) is 5.07. The van der Waals surface area contributed by atoms with Gasteiger partial charge in [0, 0.05) is 43.5 Å². The predicted molar refractivity (Wildman–Crippen MR) is 171 cm³/mol. The van der Waals surface area contributed by atoms with Gasteiger partial charge in [0.25, 0.3) is 0 Å². The van der Waals surface area contributed by atoms with Crippen molar-refractivity contribution in [1.82, 2.24) is 15.2 Å². The number of methoxy groups -OCH3 is 1. The second-order valence-electron chi connectivity index (χ2n) is 11.3. The van der Waals surface area contributed by atoms with Crippen molar-refractivity contribution >= 4 is 40.7 Å². The summed E-state index contributed by atoms with van der Waals surface area (Å²) in [6, 6.07) is 13.8. The Hall–Kier alpha value is -2.55. The summed E-state index contributed by atoms with van der Waals surface area (Å²) in [6.45, 7) is 5.12. The van der Waals surface area contributed by atoms with E-state index in [9.17, 15) is 4.79 Å². The van der Waals surface area contributed by atoms with Crippen LogP contribution in [-0.4, -0.2) is 61.9 Å². The lowest BCUT2D eigenvalue weighted by atomic mass is 9.81. The molecule has 2 unspecified atom stereocenters. The lowest BCUT2D eigenvalue weighted by Crippen LogP contribution is -2.47. The molecule has 1 aliphatic carbocycles. The Bertz CT molecular complexity index is 1380. The van der Waals surface area contributed by atoms with Crippen LogP contribution in [-0.2, 0) is 22.5 Å². The van der Waals surface area contributed by atoms with Crippen LogP contribution in [0.15, 0.2) is 48.7 Å². The maximum Gasteiger partial charge on any atom is 0.228 e. The monoisotopic (exact) mass is 645 g/mol. The summed E-state index contributed by atoms with van der Waals surface area (Å²) in [6.07, 6.45) is 5.55. The smallest absolute Gasteiger partial charge is 0.228 e. The Balaban J connectivity index is 1.21. The number of aryl methyl sites for hydroxylation is 1. The molecule has 2 heterocycles. The van der Waals surface area contributed by atoms with Crippen molar-refractivity contribution < 1.29 is 19.0 Å². The molecule has 2 aromatic carbocycles. The zero-order valence-corrected chi connectivity index (χ0v) is 26.9. The molecule has 1 aliphatic heterocycles. The lowest BCUT2D eigenvalue weighted by molar-refractivity contribution is -0.138. The van der Waals surface area contributed by atoms with E-state index in [2.05, 4.69) is 16.4 Å². The first-order chi connectivity index (χ1) is 20.8. The van der Waals surface area contributed by atoms with Crippen molar-refractivity contribution in [3.05, 3.63) is 86.0 Å². The number of halogens is 3. The van der Waals surface area contributed by atoms with E-state index in [1.807, 2.05) is 54.4 Å². The number of hydrogen-bond acceptors (Lipinski definition) is 6. The maximum absolute atomic E-state index is 14.1. The van der Waals surface area contributed by atoms with Crippen molar-refractivity contribution in [2.45, 2.75) is 51.1 Å². The molecule has 0 radical (unpaired) electrons. The first kappa shape index (κ1) is 31.9. The van der Waals surface area contributed by atoms with Gasteiger partial charge in [0.1, 0.15) is 13.2 Å². The van der Waals surface area contributed by atoms with Crippen LogP contribution in [0.4, 0.5) is 0 Å². The summed E-state index contributed by atoms with van der Waals surface area (Å²) < 4.78 is 16.8. The minimum atomic E-state index is -0.184. The third-order valence-electron chi connectivity index (χ3n) is 8.03. The van der Waals surface area contributed by atoms with Gasteiger partial charge in [-0.15, -0.1) is 0 Å². The second kappa shape index (κ2) is 15.0. The van der Waals surface area contributed by atoms with E-state index in [0.717, 1.165) is 54.5 Å². The van der Waals surface area contributed by atoms with E-state index in [4.69, 9.17) is 49.0 Å². The van der Waals surface area contributed by atoms with Crippen LogP contribution < -0.4 is 14.8 Å². The number of nitrogens with one attached hydrogen (secondary N) is 1. The van der Waals surface area contributed by atoms with Gasteiger partial charge in [0.15, 0.2) is 5.75 Å². The van der Waals surface area contributed by atoms with E-state index in [0.29, 0.717) is 46.4 Å². The fourth-order valence-electron chi connectivity index (χ4n) is 5.62. The molecule has 43 heavy (non-hydrogen) atoms. The molecule has 7 nitrogen and oxygen atoms in total. The Morgan fingerprint density at radius 3 is 2.44 bits per heavy atom. The molecule has 2 aliphatic rings. The molecule has 0 bridgehead atoms. The van der Waals surface area contributed by atoms with Crippen LogP contribution in [0.5, 0.6) is 11.6 Å². The number of ether oxygens (including phenoxy) is 3. The number of hydrogen-bond donors (Lipinski definition) is 1. The maximum atomic E-state index is 14.1.